The van der Waals surface area contributed by atoms with Gasteiger partial charge in [0.05, 0.1) is 6.42 Å². The molecule has 0 heterocycles. The number of carboxylic acids is 1. The van der Waals surface area contributed by atoms with Crippen LogP contribution >= 0.6 is 0 Å². The van der Waals surface area contributed by atoms with Crippen LogP contribution in [0.5, 0.6) is 0 Å². The van der Waals surface area contributed by atoms with E-state index >= 15 is 0 Å². The largest absolute Gasteiger partial charge is 0.481 e. The summed E-state index contributed by atoms with van der Waals surface area (Å²) in [5.41, 5.74) is 3.16. The molecule has 0 spiro atoms. The summed E-state index contributed by atoms with van der Waals surface area (Å²) in [5.74, 6) is -1.16. The average molecular weight is 135 g/mol. The summed E-state index contributed by atoms with van der Waals surface area (Å²) >= 11 is 0. The van der Waals surface area contributed by atoms with E-state index in [0.717, 1.165) is 0 Å². The van der Waals surface area contributed by atoms with Gasteiger partial charge in [-0.2, -0.15) is 0 Å². The van der Waals surface area contributed by atoms with Crippen molar-refractivity contribution in [2.45, 2.75) is 19.0 Å². The minimum Gasteiger partial charge on any atom is -0.481 e. The number of hydrogen-bond donors (Lipinski definition) is 2. The molecule has 0 aromatic heterocycles. The number of rotatable bonds is 3. The van der Waals surface area contributed by atoms with E-state index in [9.17, 15) is 9.18 Å². The molecule has 0 aromatic carbocycles. The highest BCUT2D eigenvalue weighted by Crippen LogP contribution is 2.12. The Balaban J connectivity index is 3.71. The Morgan fingerprint density at radius 2 is 2.33 bits per heavy atom. The zero-order chi connectivity index (χ0) is 7.49. The first-order valence-electron chi connectivity index (χ1n) is 2.59. The number of alkyl halides is 1. The molecule has 0 aliphatic heterocycles. The van der Waals surface area contributed by atoms with Crippen LogP contribution in [0, 0.1) is 0 Å². The highest BCUT2D eigenvalue weighted by Gasteiger charge is 2.24. The van der Waals surface area contributed by atoms with Gasteiger partial charge in [0.15, 0.2) is 0 Å². The molecule has 0 amide bonds. The van der Waals surface area contributed by atoms with Crippen molar-refractivity contribution in [3.05, 3.63) is 0 Å². The zero-order valence-corrected chi connectivity index (χ0v) is 5.22. The molecule has 54 valence electrons. The van der Waals surface area contributed by atoms with E-state index in [2.05, 4.69) is 0 Å². The first-order valence-corrected chi connectivity index (χ1v) is 2.59. The monoisotopic (exact) mass is 135 g/mol. The minimum absolute atomic E-state index is 0.251. The lowest BCUT2D eigenvalue weighted by Crippen LogP contribution is -2.31. The maximum absolute atomic E-state index is 12.6. The van der Waals surface area contributed by atoms with Crippen LogP contribution in [0.3, 0.4) is 0 Å². The number of nitrogens with two attached hydrogens (primary N) is 1. The maximum atomic E-state index is 12.6. The molecular weight excluding hydrogens is 125 g/mol. The lowest BCUT2D eigenvalue weighted by molar-refractivity contribution is -0.139. The van der Waals surface area contributed by atoms with Gasteiger partial charge in [0.2, 0.25) is 0 Å². The van der Waals surface area contributed by atoms with E-state index in [1.807, 2.05) is 0 Å². The fourth-order valence-electron chi connectivity index (χ4n) is 0.387. The Hall–Kier alpha value is -0.640. The SMILES string of the molecule is CC(F)(CN)CC(=O)O. The quantitative estimate of drug-likeness (QED) is 0.578. The number of aliphatic carboxylic acids is 1. The molecule has 3 nitrogen and oxygen atoms in total. The lowest BCUT2D eigenvalue weighted by Gasteiger charge is -2.13. The molecule has 1 atom stereocenters. The minimum atomic E-state index is -1.76. The third-order valence-corrected chi connectivity index (χ3v) is 0.945. The van der Waals surface area contributed by atoms with Crippen molar-refractivity contribution >= 4 is 5.97 Å². The molecule has 0 saturated heterocycles. The number of carbonyl (C=O) groups is 1. The van der Waals surface area contributed by atoms with Gasteiger partial charge in [-0.3, -0.25) is 4.79 Å². The van der Waals surface area contributed by atoms with E-state index < -0.39 is 18.1 Å². The van der Waals surface area contributed by atoms with Gasteiger partial charge < -0.3 is 10.8 Å². The summed E-state index contributed by atoms with van der Waals surface area (Å²) < 4.78 is 12.6. The zero-order valence-electron chi connectivity index (χ0n) is 5.22. The van der Waals surface area contributed by atoms with Gasteiger partial charge in [-0.05, 0) is 6.92 Å². The first-order chi connectivity index (χ1) is 3.98. The van der Waals surface area contributed by atoms with Gasteiger partial charge in [-0.1, -0.05) is 0 Å². The predicted octanol–water partition coefficient (Wildman–Crippen LogP) is 0.148. The van der Waals surface area contributed by atoms with E-state index in [1.165, 1.54) is 6.92 Å². The molecule has 0 aliphatic rings. The molecular formula is C5H10FNO2. The van der Waals surface area contributed by atoms with Gasteiger partial charge in [-0.15, -0.1) is 0 Å². The van der Waals surface area contributed by atoms with Crippen LogP contribution in [0.25, 0.3) is 0 Å². The Kier molecular flexibility index (Phi) is 2.58. The second-order valence-electron chi connectivity index (χ2n) is 2.19. The fraction of sp³-hybridized carbons (Fsp3) is 0.800. The van der Waals surface area contributed by atoms with Crippen molar-refractivity contribution in [2.24, 2.45) is 5.73 Å². The molecule has 0 radical (unpaired) electrons. The second kappa shape index (κ2) is 2.77. The second-order valence-corrected chi connectivity index (χ2v) is 2.19. The van der Waals surface area contributed by atoms with Crippen molar-refractivity contribution in [3.8, 4) is 0 Å². The highest BCUT2D eigenvalue weighted by molar-refractivity contribution is 5.68. The van der Waals surface area contributed by atoms with Gasteiger partial charge in [0, 0.05) is 6.54 Å². The van der Waals surface area contributed by atoms with E-state index in [4.69, 9.17) is 10.8 Å². The van der Waals surface area contributed by atoms with Crippen LogP contribution in [0.15, 0.2) is 0 Å². The van der Waals surface area contributed by atoms with Crippen molar-refractivity contribution in [1.82, 2.24) is 0 Å². The summed E-state index contributed by atoms with van der Waals surface area (Å²) in [5, 5.41) is 8.08. The van der Waals surface area contributed by atoms with E-state index in [0.29, 0.717) is 0 Å². The molecule has 1 unspecified atom stereocenters. The summed E-state index contributed by atoms with van der Waals surface area (Å²) in [6, 6.07) is 0. The smallest absolute Gasteiger partial charge is 0.306 e. The standard InChI is InChI=1S/C5H10FNO2/c1-5(6,3-7)2-4(8)9/h2-3,7H2,1H3,(H,8,9). The van der Waals surface area contributed by atoms with E-state index in [-0.39, 0.29) is 6.54 Å². The van der Waals surface area contributed by atoms with Crippen LogP contribution < -0.4 is 5.73 Å². The van der Waals surface area contributed by atoms with E-state index in [1.54, 1.807) is 0 Å². The van der Waals surface area contributed by atoms with Crippen molar-refractivity contribution in [3.63, 3.8) is 0 Å². The van der Waals surface area contributed by atoms with Gasteiger partial charge in [0.1, 0.15) is 5.67 Å². The molecule has 0 aromatic rings. The fourth-order valence-corrected chi connectivity index (χ4v) is 0.387. The third kappa shape index (κ3) is 3.90. The van der Waals surface area contributed by atoms with Crippen LogP contribution in [0.2, 0.25) is 0 Å². The molecule has 0 rings (SSSR count). The maximum Gasteiger partial charge on any atom is 0.306 e. The normalized spacial score (nSPS) is 16.8. The highest BCUT2D eigenvalue weighted by atomic mass is 19.1. The topological polar surface area (TPSA) is 63.3 Å². The Labute approximate surface area is 52.7 Å². The first kappa shape index (κ1) is 8.36. The number of halogens is 1. The number of hydrogen-bond acceptors (Lipinski definition) is 2. The molecule has 0 bridgehead atoms. The Bertz CT molecular complexity index is 114. The molecule has 0 fully saturated rings. The van der Waals surface area contributed by atoms with Crippen molar-refractivity contribution < 1.29 is 14.3 Å². The van der Waals surface area contributed by atoms with Gasteiger partial charge in [0.25, 0.3) is 0 Å². The predicted molar refractivity (Wildman–Crippen MR) is 30.8 cm³/mol. The summed E-state index contributed by atoms with van der Waals surface area (Å²) in [6.45, 7) is 0.917. The Morgan fingerprint density at radius 1 is 1.89 bits per heavy atom. The van der Waals surface area contributed by atoms with Gasteiger partial charge >= 0.3 is 5.97 Å². The van der Waals surface area contributed by atoms with Crippen molar-refractivity contribution in [2.75, 3.05) is 6.54 Å². The summed E-state index contributed by atoms with van der Waals surface area (Å²) in [7, 11) is 0. The van der Waals surface area contributed by atoms with Gasteiger partial charge in [-0.25, -0.2) is 4.39 Å². The van der Waals surface area contributed by atoms with Crippen LogP contribution in [-0.4, -0.2) is 23.3 Å². The number of carboxylic acid groups (broad SMARTS) is 1. The van der Waals surface area contributed by atoms with Crippen LogP contribution in [0.1, 0.15) is 13.3 Å². The summed E-state index contributed by atoms with van der Waals surface area (Å²) in [6.07, 6.45) is -0.524. The molecule has 9 heavy (non-hydrogen) atoms. The lowest BCUT2D eigenvalue weighted by atomic mass is 10.1. The van der Waals surface area contributed by atoms with Crippen LogP contribution in [-0.2, 0) is 4.79 Å². The van der Waals surface area contributed by atoms with Crippen molar-refractivity contribution in [1.29, 1.82) is 0 Å². The summed E-state index contributed by atoms with van der Waals surface area (Å²) in [4.78, 5) is 9.88. The molecule has 0 aliphatic carbocycles. The third-order valence-electron chi connectivity index (χ3n) is 0.945. The molecule has 3 N–H and O–H groups in total. The van der Waals surface area contributed by atoms with Crippen LogP contribution in [0.4, 0.5) is 4.39 Å². The molecule has 0 saturated carbocycles. The molecule has 4 heteroatoms. The average Bonchev–Trinajstić information content (AvgIpc) is 1.63. The Morgan fingerprint density at radius 3 is 2.44 bits per heavy atom.